The zero-order valence-electron chi connectivity index (χ0n) is 9.04. The predicted molar refractivity (Wildman–Crippen MR) is 56.8 cm³/mol. The second-order valence-electron chi connectivity index (χ2n) is 5.02. The third kappa shape index (κ3) is 2.00. The number of hydrogen-bond acceptors (Lipinski definition) is 2. The van der Waals surface area contributed by atoms with Crippen molar-refractivity contribution in [2.24, 2.45) is 15.4 Å². The Balaban J connectivity index is 2.36. The topological polar surface area (TPSA) is 24.7 Å². The van der Waals surface area contributed by atoms with E-state index in [2.05, 4.69) is 49.0 Å². The van der Waals surface area contributed by atoms with E-state index in [0.717, 1.165) is 17.1 Å². The molecule has 0 saturated heterocycles. The van der Waals surface area contributed by atoms with Crippen LogP contribution < -0.4 is 10.7 Å². The Morgan fingerprint density at radius 3 is 2.57 bits per heavy atom. The summed E-state index contributed by atoms with van der Waals surface area (Å²) in [7, 11) is 0. The number of nitrogens with zero attached hydrogens (tertiary/aromatic N) is 2. The first-order valence-corrected chi connectivity index (χ1v) is 5.02. The molecule has 2 nitrogen and oxygen atoms in total. The monoisotopic (exact) mass is 188 g/mol. The van der Waals surface area contributed by atoms with Gasteiger partial charge in [-0.05, 0) is 29.5 Å². The summed E-state index contributed by atoms with van der Waals surface area (Å²) in [5.74, 6) is 0. The zero-order valence-corrected chi connectivity index (χ0v) is 9.04. The van der Waals surface area contributed by atoms with Gasteiger partial charge in [0.1, 0.15) is 6.67 Å². The van der Waals surface area contributed by atoms with Crippen LogP contribution in [0.3, 0.4) is 0 Å². The molecule has 0 aromatic heterocycles. The lowest BCUT2D eigenvalue weighted by Crippen LogP contribution is -2.23. The summed E-state index contributed by atoms with van der Waals surface area (Å²) in [5.41, 5.74) is 1.70. The molecule has 0 spiro atoms. The van der Waals surface area contributed by atoms with Crippen molar-refractivity contribution in [3.63, 3.8) is 0 Å². The highest BCUT2D eigenvalue weighted by Crippen LogP contribution is 2.18. The average Bonchev–Trinajstić information content (AvgIpc) is 2.47. The maximum Gasteiger partial charge on any atom is 0.130 e. The van der Waals surface area contributed by atoms with E-state index in [1.54, 1.807) is 0 Å². The summed E-state index contributed by atoms with van der Waals surface area (Å²) >= 11 is 0. The van der Waals surface area contributed by atoms with Crippen molar-refractivity contribution in [1.82, 2.24) is 0 Å². The van der Waals surface area contributed by atoms with Gasteiger partial charge in [0.25, 0.3) is 0 Å². The molecule has 1 aromatic rings. The fraction of sp³-hybridized carbons (Fsp3) is 0.500. The van der Waals surface area contributed by atoms with E-state index < -0.39 is 0 Å². The second kappa shape index (κ2) is 3.19. The molecular weight excluding hydrogens is 172 g/mol. The summed E-state index contributed by atoms with van der Waals surface area (Å²) in [6.45, 7) is 7.36. The van der Waals surface area contributed by atoms with Gasteiger partial charge in [0.05, 0.1) is 10.7 Å². The van der Waals surface area contributed by atoms with Crippen LogP contribution in [0.1, 0.15) is 26.3 Å². The van der Waals surface area contributed by atoms with Gasteiger partial charge in [-0.15, -0.1) is 0 Å². The molecule has 0 amide bonds. The van der Waals surface area contributed by atoms with Crippen molar-refractivity contribution >= 4 is 0 Å². The van der Waals surface area contributed by atoms with Gasteiger partial charge in [-0.2, -0.15) is 0 Å². The lowest BCUT2D eigenvalue weighted by Gasteiger charge is -2.17. The Labute approximate surface area is 84.4 Å². The molecule has 1 heterocycles. The van der Waals surface area contributed by atoms with Gasteiger partial charge in [-0.1, -0.05) is 26.8 Å². The molecule has 0 aliphatic carbocycles. The van der Waals surface area contributed by atoms with E-state index in [9.17, 15) is 0 Å². The molecule has 1 aromatic carbocycles. The van der Waals surface area contributed by atoms with Crippen LogP contribution in [0, 0.1) is 5.41 Å². The molecule has 1 aliphatic heterocycles. The minimum Gasteiger partial charge on any atom is -0.260 e. The van der Waals surface area contributed by atoms with E-state index >= 15 is 0 Å². The first-order chi connectivity index (χ1) is 6.54. The Kier molecular flexibility index (Phi) is 2.14. The number of benzene rings is 1. The molecule has 2 heteroatoms. The number of fused-ring (bicyclic) bond motifs is 1. The highest BCUT2D eigenvalue weighted by molar-refractivity contribution is 5.16. The first-order valence-electron chi connectivity index (χ1n) is 5.02. The zero-order chi connectivity index (χ0) is 10.2. The fourth-order valence-electron chi connectivity index (χ4n) is 1.74. The normalized spacial score (nSPS) is 14.5. The van der Waals surface area contributed by atoms with Gasteiger partial charge in [-0.25, -0.2) is 0 Å². The Hall–Kier alpha value is -1.18. The van der Waals surface area contributed by atoms with Gasteiger partial charge >= 0.3 is 0 Å². The van der Waals surface area contributed by atoms with Crippen LogP contribution in [-0.4, -0.2) is 6.67 Å². The van der Waals surface area contributed by atoms with Crippen LogP contribution in [0.5, 0.6) is 0 Å². The highest BCUT2D eigenvalue weighted by Gasteiger charge is 2.11. The summed E-state index contributed by atoms with van der Waals surface area (Å²) in [6.07, 6.45) is 1.09. The van der Waals surface area contributed by atoms with E-state index in [1.165, 1.54) is 5.56 Å². The van der Waals surface area contributed by atoms with Crippen molar-refractivity contribution in [2.45, 2.75) is 27.2 Å². The van der Waals surface area contributed by atoms with Gasteiger partial charge in [0.15, 0.2) is 0 Å². The minimum atomic E-state index is 0.337. The van der Waals surface area contributed by atoms with Crippen LogP contribution >= 0.6 is 0 Å². The summed E-state index contributed by atoms with van der Waals surface area (Å²) in [6, 6.07) is 6.40. The van der Waals surface area contributed by atoms with Crippen molar-refractivity contribution < 1.29 is 0 Å². The Morgan fingerprint density at radius 2 is 1.86 bits per heavy atom. The van der Waals surface area contributed by atoms with Gasteiger partial charge < -0.3 is 0 Å². The van der Waals surface area contributed by atoms with Crippen molar-refractivity contribution in [3.8, 4) is 0 Å². The lowest BCUT2D eigenvalue weighted by molar-refractivity contribution is 0.411. The third-order valence-electron chi connectivity index (χ3n) is 2.26. The molecule has 0 atom stereocenters. The maximum atomic E-state index is 4.32. The van der Waals surface area contributed by atoms with Crippen LogP contribution in [0.15, 0.2) is 28.2 Å². The maximum absolute atomic E-state index is 4.32. The van der Waals surface area contributed by atoms with E-state index in [0.29, 0.717) is 12.1 Å². The van der Waals surface area contributed by atoms with Crippen LogP contribution in [-0.2, 0) is 6.42 Å². The summed E-state index contributed by atoms with van der Waals surface area (Å²) < 4.78 is 0. The molecule has 1 aliphatic rings. The van der Waals surface area contributed by atoms with Gasteiger partial charge in [0.2, 0.25) is 0 Å². The van der Waals surface area contributed by atoms with Crippen molar-refractivity contribution in [3.05, 3.63) is 34.5 Å². The molecule has 14 heavy (non-hydrogen) atoms. The Morgan fingerprint density at radius 1 is 1.14 bits per heavy atom. The summed E-state index contributed by atoms with van der Waals surface area (Å²) in [4.78, 5) is 8.59. The largest absolute Gasteiger partial charge is 0.260 e. The molecule has 2 rings (SSSR count). The quantitative estimate of drug-likeness (QED) is 0.638. The van der Waals surface area contributed by atoms with E-state index in [4.69, 9.17) is 0 Å². The lowest BCUT2D eigenvalue weighted by atomic mass is 9.88. The first kappa shape index (κ1) is 9.38. The van der Waals surface area contributed by atoms with Gasteiger partial charge in [0, 0.05) is 0 Å². The Bertz CT molecular complexity index is 452. The van der Waals surface area contributed by atoms with Crippen molar-refractivity contribution in [1.29, 1.82) is 0 Å². The van der Waals surface area contributed by atoms with Crippen molar-refractivity contribution in [2.75, 3.05) is 6.67 Å². The van der Waals surface area contributed by atoms with Crippen LogP contribution in [0.4, 0.5) is 0 Å². The SMILES string of the molecule is CC(C)(C)Cc1ccc2c(c1)=NCN=2. The molecule has 0 fully saturated rings. The fourth-order valence-corrected chi connectivity index (χ4v) is 1.74. The van der Waals surface area contributed by atoms with Crippen LogP contribution in [0.2, 0.25) is 0 Å². The second-order valence-corrected chi connectivity index (χ2v) is 5.02. The number of rotatable bonds is 1. The molecule has 0 radical (unpaired) electrons. The molecule has 0 N–H and O–H groups in total. The van der Waals surface area contributed by atoms with E-state index in [1.807, 2.05) is 0 Å². The summed E-state index contributed by atoms with van der Waals surface area (Å²) in [5, 5.41) is 2.11. The number of hydrogen-bond donors (Lipinski definition) is 0. The molecule has 0 bridgehead atoms. The standard InChI is InChI=1S/C12H16N2/c1-12(2,3)7-9-4-5-10-11(6-9)14-8-13-10/h4-6H,7-8H2,1-3H3. The third-order valence-corrected chi connectivity index (χ3v) is 2.26. The smallest absolute Gasteiger partial charge is 0.130 e. The molecule has 0 unspecified atom stereocenters. The van der Waals surface area contributed by atoms with Gasteiger partial charge in [-0.3, -0.25) is 9.98 Å². The molecule has 0 saturated carbocycles. The predicted octanol–water partition coefficient (Wildman–Crippen LogP) is 1.49. The average molecular weight is 188 g/mol. The van der Waals surface area contributed by atoms with Crippen LogP contribution in [0.25, 0.3) is 0 Å². The molecule has 74 valence electrons. The highest BCUT2D eigenvalue weighted by atomic mass is 15.0. The van der Waals surface area contributed by atoms with E-state index in [-0.39, 0.29) is 0 Å². The molecular formula is C12H16N2. The minimum absolute atomic E-state index is 0.337.